The summed E-state index contributed by atoms with van der Waals surface area (Å²) in [6.45, 7) is 46.1. The zero-order valence-electron chi connectivity index (χ0n) is 64.8. The van der Waals surface area contributed by atoms with Crippen molar-refractivity contribution in [3.63, 3.8) is 0 Å². The number of aromatic nitrogens is 1. The number of ketones is 1. The number of amides is 1. The van der Waals surface area contributed by atoms with Crippen molar-refractivity contribution in [1.82, 2.24) is 30.3 Å². The standard InChI is InChI=1S/C26H31F2N3O4.C12H25NO2.C11H23NO2.C11H25N.C6H16N2.2C4H8O.C2H7P/c1-15(2)11-29-12-16(3)8-9-31-22(29)14-30-13-19(24(33)25(34)23(30)26(31)35)21(32)7-5-17-4-6-18(27)10-20(17)28;1-10(8-9-13-5)6-7-11(14)15-12(2,3)4;1-9(7-8-12)5-6-10(13)14-11(2,3)4;1-10(2)6-5-7-11(3)8-9-12-4;1-6(5-7)3-4-8-2;1-2-4-5-3-1;1-4(2)3-5;1-2-3/h4,6,10,13,15-16,22,34H,5,7-9,11-12,14H2,1-3H3;10,13H,6-9H2,1-5H3;9H,5-8,12H2,1-4H3;10-12H,5-9H2,1-4H3;6,8H,3-5,7H2,1-2H3;1-4H2;3-4H,1-2H3;2-3H2,1H3/t16-,22?;10-;9-;11-;6-;;;/m10001.../s1. The summed E-state index contributed by atoms with van der Waals surface area (Å²) in [6.07, 6.45) is 17.9. The second-order valence-electron chi connectivity index (χ2n) is 29.7. The number of fused-ring (bicyclic) bond motifs is 2. The molecule has 0 spiro atoms. The van der Waals surface area contributed by atoms with Gasteiger partial charge in [-0.15, -0.1) is 9.24 Å². The van der Waals surface area contributed by atoms with E-state index < -0.39 is 34.5 Å². The van der Waals surface area contributed by atoms with Crippen LogP contribution >= 0.6 is 9.24 Å². The first-order valence-corrected chi connectivity index (χ1v) is 37.2. The van der Waals surface area contributed by atoms with Gasteiger partial charge >= 0.3 is 11.9 Å². The number of ether oxygens (including phenoxy) is 3. The number of esters is 2. The Morgan fingerprint density at radius 3 is 1.63 bits per heavy atom. The van der Waals surface area contributed by atoms with E-state index in [9.17, 15) is 42.7 Å². The number of nitrogens with zero attached hydrogens (tertiary/aromatic N) is 3. The minimum atomic E-state index is -0.908. The van der Waals surface area contributed by atoms with Crippen LogP contribution in [0.2, 0.25) is 0 Å². The third-order valence-electron chi connectivity index (χ3n) is 15.6. The normalized spacial score (nSPS) is 16.2. The molecular weight excluding hydrogens is 1250 g/mol. The van der Waals surface area contributed by atoms with Crippen LogP contribution in [0.1, 0.15) is 247 Å². The molecule has 0 radical (unpaired) electrons. The highest BCUT2D eigenvalue weighted by Gasteiger charge is 2.41. The van der Waals surface area contributed by atoms with Gasteiger partial charge in [0, 0.05) is 70.3 Å². The van der Waals surface area contributed by atoms with E-state index in [0.29, 0.717) is 62.1 Å². The Labute approximate surface area is 590 Å². The van der Waals surface area contributed by atoms with Crippen LogP contribution in [0.5, 0.6) is 5.75 Å². The predicted octanol–water partition coefficient (Wildman–Crippen LogP) is 13.6. The number of nitrogens with one attached hydrogen (secondary N) is 3. The van der Waals surface area contributed by atoms with Crippen molar-refractivity contribution in [2.45, 2.75) is 251 Å². The van der Waals surface area contributed by atoms with Gasteiger partial charge in [0.2, 0.25) is 5.43 Å². The Kier molecular flexibility index (Phi) is 56.3. The van der Waals surface area contributed by atoms with E-state index >= 15 is 0 Å². The zero-order chi connectivity index (χ0) is 74.9. The van der Waals surface area contributed by atoms with Crippen LogP contribution in [-0.4, -0.2) is 160 Å². The molecule has 97 heavy (non-hydrogen) atoms. The summed E-state index contributed by atoms with van der Waals surface area (Å²) < 4.78 is 44.0. The van der Waals surface area contributed by atoms with E-state index in [1.54, 1.807) is 4.90 Å². The summed E-state index contributed by atoms with van der Waals surface area (Å²) in [5.41, 5.74) is 8.99. The maximum atomic E-state index is 14.0. The molecule has 21 heteroatoms. The minimum absolute atomic E-state index is 0.0255. The predicted molar refractivity (Wildman–Crippen MR) is 401 cm³/mol. The van der Waals surface area contributed by atoms with Crippen LogP contribution < -0.4 is 32.8 Å². The smallest absolute Gasteiger partial charge is 0.306 e. The van der Waals surface area contributed by atoms with Crippen molar-refractivity contribution < 1.29 is 52.1 Å². The minimum Gasteiger partial charge on any atom is -0.503 e. The fourth-order valence-corrected chi connectivity index (χ4v) is 9.98. The average Bonchev–Trinajstić information content (AvgIpc) is 1.64. The van der Waals surface area contributed by atoms with Crippen molar-refractivity contribution >= 4 is 39.2 Å². The molecule has 1 aromatic carbocycles. The first-order chi connectivity index (χ1) is 45.4. The number of aromatic hydroxyl groups is 1. The Bertz CT molecular complexity index is 2440. The molecule has 566 valence electrons. The number of pyridine rings is 1. The largest absolute Gasteiger partial charge is 0.503 e. The third-order valence-corrected chi connectivity index (χ3v) is 15.6. The molecule has 2 unspecified atom stereocenters. The van der Waals surface area contributed by atoms with E-state index in [2.05, 4.69) is 99.3 Å². The van der Waals surface area contributed by atoms with Crippen molar-refractivity contribution in [3.8, 4) is 5.75 Å². The highest BCUT2D eigenvalue weighted by atomic mass is 31.0. The van der Waals surface area contributed by atoms with E-state index in [1.165, 1.54) is 74.5 Å². The molecule has 4 heterocycles. The van der Waals surface area contributed by atoms with Crippen LogP contribution in [0.15, 0.2) is 29.2 Å². The van der Waals surface area contributed by atoms with Crippen molar-refractivity contribution in [2.24, 2.45) is 58.8 Å². The molecule has 7 atom stereocenters. The van der Waals surface area contributed by atoms with Gasteiger partial charge in [-0.25, -0.2) is 8.78 Å². The van der Waals surface area contributed by atoms with Gasteiger partial charge < -0.3 is 61.0 Å². The second-order valence-corrected chi connectivity index (χ2v) is 30.5. The number of nitrogens with two attached hydrogens (primary N) is 2. The monoisotopic (exact) mass is 1400 g/mol. The maximum absolute atomic E-state index is 14.0. The molecule has 1 aromatic heterocycles. The fourth-order valence-electron chi connectivity index (χ4n) is 9.98. The Morgan fingerprint density at radius 2 is 1.22 bits per heavy atom. The van der Waals surface area contributed by atoms with Crippen LogP contribution in [0.25, 0.3) is 0 Å². The fraction of sp³-hybridized carbons (Fsp3) is 0.789. The third kappa shape index (κ3) is 50.7. The lowest BCUT2D eigenvalue weighted by atomic mass is 9.97. The molecule has 18 nitrogen and oxygen atoms in total. The number of carbonyl (C=O) groups is 5. The summed E-state index contributed by atoms with van der Waals surface area (Å²) in [6, 6.07) is 3.11. The van der Waals surface area contributed by atoms with Crippen LogP contribution in [0, 0.1) is 59.0 Å². The number of halogens is 2. The molecule has 0 aliphatic carbocycles. The van der Waals surface area contributed by atoms with E-state index in [-0.39, 0.29) is 64.9 Å². The molecule has 8 N–H and O–H groups in total. The summed E-state index contributed by atoms with van der Waals surface area (Å²) in [7, 11) is 8.51. The topological polar surface area (TPSA) is 250 Å². The van der Waals surface area contributed by atoms with Crippen molar-refractivity contribution in [3.05, 3.63) is 63.1 Å². The average molecular weight is 1400 g/mol. The molecule has 2 fully saturated rings. The maximum Gasteiger partial charge on any atom is 0.306 e. The highest BCUT2D eigenvalue weighted by molar-refractivity contribution is 7.16. The van der Waals surface area contributed by atoms with Gasteiger partial charge in [-0.1, -0.05) is 108 Å². The van der Waals surface area contributed by atoms with Gasteiger partial charge in [-0.3, -0.25) is 28.9 Å². The molecule has 3 aliphatic heterocycles. The molecule has 0 saturated carbocycles. The first kappa shape index (κ1) is 96.9. The van der Waals surface area contributed by atoms with Crippen molar-refractivity contribution in [1.29, 1.82) is 0 Å². The number of benzene rings is 1. The Hall–Kier alpha value is -4.27. The highest BCUT2D eigenvalue weighted by Crippen LogP contribution is 2.30. The lowest BCUT2D eigenvalue weighted by molar-refractivity contribution is -0.156. The lowest BCUT2D eigenvalue weighted by Gasteiger charge is -2.42. The number of carbonyl (C=O) groups excluding carboxylic acids is 5. The van der Waals surface area contributed by atoms with Crippen LogP contribution in [-0.2, 0) is 41.6 Å². The molecule has 1 amide bonds. The number of Topliss-reactive ketones (excluding diaryl/α,β-unsaturated/α-hetero) is 1. The molecule has 0 bridgehead atoms. The van der Waals surface area contributed by atoms with Gasteiger partial charge in [-0.05, 0) is 219 Å². The van der Waals surface area contributed by atoms with Crippen molar-refractivity contribution in [2.75, 3.05) is 92.9 Å². The number of hydrogen-bond donors (Lipinski definition) is 6. The summed E-state index contributed by atoms with van der Waals surface area (Å²) in [4.78, 5) is 75.3. The molecule has 2 aromatic rings. The number of aldehydes is 1. The van der Waals surface area contributed by atoms with Gasteiger partial charge in [0.25, 0.3) is 5.91 Å². The summed E-state index contributed by atoms with van der Waals surface area (Å²) in [5, 5.41) is 20.1. The second kappa shape index (κ2) is 56.4. The molecule has 5 rings (SSSR count). The zero-order valence-corrected chi connectivity index (χ0v) is 66.0. The van der Waals surface area contributed by atoms with Gasteiger partial charge in [0.1, 0.15) is 35.3 Å². The van der Waals surface area contributed by atoms with Gasteiger partial charge in [0.05, 0.1) is 12.1 Å². The number of aryl methyl sites for hydroxylation is 1. The number of rotatable bonds is 29. The summed E-state index contributed by atoms with van der Waals surface area (Å²) in [5.74, 6) is 1.08. The molecular formula is C76H143F2N8O10P. The Morgan fingerprint density at radius 1 is 0.732 bits per heavy atom. The quantitative estimate of drug-likeness (QED) is 0.0192. The van der Waals surface area contributed by atoms with E-state index in [0.717, 1.165) is 108 Å². The number of hydrogen-bond acceptors (Lipinski definition) is 16. The van der Waals surface area contributed by atoms with Crippen LogP contribution in [0.4, 0.5) is 8.78 Å². The SMILES string of the molecule is C1CCOC1.CC(C)C=O.CC(C)CN1C[C@H](C)CCN2C(=O)c3c(O)c(=O)c(C(=O)CCc4ccc(F)cc4F)cn3CC12.CCP.CNCC[C@@H](C)CCC(=O)OC(C)(C)C.CNCC[C@@H](C)CCCC(C)C.CNCC[C@@H](C)CN.C[C@H](CCN)CCC(=O)OC(C)(C)C. The molecule has 2 saturated heterocycles. The first-order valence-electron chi connectivity index (χ1n) is 36.4. The van der Waals surface area contributed by atoms with E-state index in [4.69, 9.17) is 25.7 Å². The van der Waals surface area contributed by atoms with E-state index in [1.807, 2.05) is 76.5 Å². The molecule has 3 aliphatic rings. The Balaban J connectivity index is -0.00000119. The van der Waals surface area contributed by atoms with Gasteiger partial charge in [0.15, 0.2) is 17.2 Å². The lowest BCUT2D eigenvalue weighted by Crippen LogP contribution is -2.57. The van der Waals surface area contributed by atoms with Gasteiger partial charge in [-0.2, -0.15) is 0 Å². The summed E-state index contributed by atoms with van der Waals surface area (Å²) >= 11 is 0. The van der Waals surface area contributed by atoms with Crippen LogP contribution in [0.3, 0.4) is 0 Å².